The number of carbonyl (C=O) groups is 2. The van der Waals surface area contributed by atoms with Crippen molar-refractivity contribution >= 4 is 11.8 Å². The molecule has 2 heterocycles. The van der Waals surface area contributed by atoms with Crippen LogP contribution in [0.3, 0.4) is 0 Å². The van der Waals surface area contributed by atoms with Gasteiger partial charge in [-0.15, -0.1) is 5.10 Å². The number of likely N-dealkylation sites (tertiary alicyclic amines) is 1. The molecule has 1 aromatic carbocycles. The topological polar surface area (TPSA) is 102 Å². The van der Waals surface area contributed by atoms with E-state index in [4.69, 9.17) is 4.74 Å². The number of methoxy groups -OCH3 is 1. The Bertz CT molecular complexity index is 748. The first-order chi connectivity index (χ1) is 12.7. The summed E-state index contributed by atoms with van der Waals surface area (Å²) in [7, 11) is 1.49. The van der Waals surface area contributed by atoms with Crippen molar-refractivity contribution in [1.82, 2.24) is 30.4 Å². The van der Waals surface area contributed by atoms with Crippen LogP contribution in [0.1, 0.15) is 18.7 Å². The largest absolute Gasteiger partial charge is 0.375 e. The normalized spacial score (nSPS) is 17.1. The average molecular weight is 358 g/mol. The molecule has 9 nitrogen and oxygen atoms in total. The summed E-state index contributed by atoms with van der Waals surface area (Å²) in [5.74, 6) is 0.138. The van der Waals surface area contributed by atoms with E-state index in [2.05, 4.69) is 20.8 Å². The van der Waals surface area contributed by atoms with Crippen LogP contribution in [0.15, 0.2) is 30.3 Å². The minimum Gasteiger partial charge on any atom is -0.375 e. The van der Waals surface area contributed by atoms with Crippen molar-refractivity contribution in [3.8, 4) is 5.69 Å². The van der Waals surface area contributed by atoms with E-state index in [1.807, 2.05) is 30.3 Å². The lowest BCUT2D eigenvalue weighted by Crippen LogP contribution is -2.46. The average Bonchev–Trinajstić information content (AvgIpc) is 3.15. The quantitative estimate of drug-likeness (QED) is 0.789. The SMILES string of the molecule is COCC(=O)N1CCCC(C(=O)NCc2nnnn2-c2ccccc2)C1. The van der Waals surface area contributed by atoms with Crippen molar-refractivity contribution in [1.29, 1.82) is 0 Å². The summed E-state index contributed by atoms with van der Waals surface area (Å²) >= 11 is 0. The van der Waals surface area contributed by atoms with Crippen LogP contribution in [-0.4, -0.2) is 63.7 Å². The lowest BCUT2D eigenvalue weighted by molar-refractivity contribution is -0.139. The van der Waals surface area contributed by atoms with Gasteiger partial charge in [0, 0.05) is 20.2 Å². The highest BCUT2D eigenvalue weighted by molar-refractivity contribution is 5.81. The number of nitrogens with zero attached hydrogens (tertiary/aromatic N) is 5. The number of tetrazole rings is 1. The molecule has 0 radical (unpaired) electrons. The molecule has 1 N–H and O–H groups in total. The Morgan fingerprint density at radius 2 is 2.12 bits per heavy atom. The molecule has 0 spiro atoms. The minimum absolute atomic E-state index is 0.0419. The zero-order chi connectivity index (χ0) is 18.4. The molecular weight excluding hydrogens is 336 g/mol. The third-order valence-corrected chi connectivity index (χ3v) is 4.37. The molecule has 0 aliphatic carbocycles. The monoisotopic (exact) mass is 358 g/mol. The summed E-state index contributed by atoms with van der Waals surface area (Å²) in [6, 6.07) is 9.49. The van der Waals surface area contributed by atoms with Crippen LogP contribution in [0.2, 0.25) is 0 Å². The second-order valence-electron chi connectivity index (χ2n) is 6.17. The molecule has 1 aliphatic rings. The van der Waals surface area contributed by atoms with Crippen LogP contribution in [0.25, 0.3) is 5.69 Å². The van der Waals surface area contributed by atoms with Crippen molar-refractivity contribution < 1.29 is 14.3 Å². The van der Waals surface area contributed by atoms with Gasteiger partial charge in [-0.25, -0.2) is 0 Å². The Hall–Kier alpha value is -2.81. The maximum atomic E-state index is 12.5. The van der Waals surface area contributed by atoms with E-state index >= 15 is 0 Å². The molecule has 1 aromatic heterocycles. The van der Waals surface area contributed by atoms with Crippen LogP contribution >= 0.6 is 0 Å². The molecule has 0 saturated carbocycles. The summed E-state index contributed by atoms with van der Waals surface area (Å²) < 4.78 is 6.48. The molecule has 3 rings (SSSR count). The van der Waals surface area contributed by atoms with Gasteiger partial charge in [0.25, 0.3) is 0 Å². The molecule has 1 aliphatic heterocycles. The van der Waals surface area contributed by atoms with E-state index in [0.29, 0.717) is 18.9 Å². The Morgan fingerprint density at radius 1 is 1.31 bits per heavy atom. The standard InChI is InChI=1S/C17H22N6O3/c1-26-12-16(24)22-9-5-6-13(11-22)17(25)18-10-15-19-20-21-23(15)14-7-3-2-4-8-14/h2-4,7-8,13H,5-6,9-12H2,1H3,(H,18,25). The van der Waals surface area contributed by atoms with E-state index in [9.17, 15) is 9.59 Å². The molecule has 138 valence electrons. The van der Waals surface area contributed by atoms with E-state index in [0.717, 1.165) is 18.5 Å². The van der Waals surface area contributed by atoms with Crippen molar-refractivity contribution in [2.75, 3.05) is 26.8 Å². The number of para-hydroxylation sites is 1. The van der Waals surface area contributed by atoms with Gasteiger partial charge in [0.1, 0.15) is 6.61 Å². The highest BCUT2D eigenvalue weighted by Gasteiger charge is 2.28. The number of benzene rings is 1. The van der Waals surface area contributed by atoms with E-state index < -0.39 is 0 Å². The van der Waals surface area contributed by atoms with Crippen molar-refractivity contribution in [3.05, 3.63) is 36.2 Å². The number of hydrogen-bond donors (Lipinski definition) is 1. The minimum atomic E-state index is -0.231. The van der Waals surface area contributed by atoms with Crippen molar-refractivity contribution in [3.63, 3.8) is 0 Å². The van der Waals surface area contributed by atoms with Gasteiger partial charge < -0.3 is 15.0 Å². The molecule has 1 unspecified atom stereocenters. The summed E-state index contributed by atoms with van der Waals surface area (Å²) in [4.78, 5) is 26.1. The van der Waals surface area contributed by atoms with Gasteiger partial charge in [-0.2, -0.15) is 4.68 Å². The molecule has 0 bridgehead atoms. The molecule has 9 heteroatoms. The van der Waals surface area contributed by atoms with Crippen LogP contribution in [0.4, 0.5) is 0 Å². The number of rotatable bonds is 6. The molecular formula is C17H22N6O3. The van der Waals surface area contributed by atoms with Crippen molar-refractivity contribution in [2.45, 2.75) is 19.4 Å². The highest BCUT2D eigenvalue weighted by atomic mass is 16.5. The van der Waals surface area contributed by atoms with Crippen LogP contribution in [0.5, 0.6) is 0 Å². The Kier molecular flexibility index (Phi) is 5.90. The Morgan fingerprint density at radius 3 is 2.88 bits per heavy atom. The highest BCUT2D eigenvalue weighted by Crippen LogP contribution is 2.17. The molecule has 2 aromatic rings. The summed E-state index contributed by atoms with van der Waals surface area (Å²) in [6.07, 6.45) is 1.56. The second-order valence-corrected chi connectivity index (χ2v) is 6.17. The summed E-state index contributed by atoms with van der Waals surface area (Å²) in [6.45, 7) is 1.35. The van der Waals surface area contributed by atoms with E-state index in [1.165, 1.54) is 7.11 Å². The fourth-order valence-corrected chi connectivity index (χ4v) is 3.03. The zero-order valence-corrected chi connectivity index (χ0v) is 14.7. The lowest BCUT2D eigenvalue weighted by atomic mass is 9.97. The molecule has 1 atom stereocenters. The fraction of sp³-hybridized carbons (Fsp3) is 0.471. The van der Waals surface area contributed by atoms with Gasteiger partial charge in [-0.05, 0) is 35.4 Å². The summed E-state index contributed by atoms with van der Waals surface area (Å²) in [5, 5.41) is 14.5. The number of amides is 2. The Labute approximate surface area is 151 Å². The van der Waals surface area contributed by atoms with Crippen LogP contribution in [0, 0.1) is 5.92 Å². The predicted octanol–water partition coefficient (Wildman–Crippen LogP) is 0.164. The van der Waals surface area contributed by atoms with Crippen LogP contribution in [-0.2, 0) is 20.9 Å². The molecule has 1 fully saturated rings. The van der Waals surface area contributed by atoms with Gasteiger partial charge in [-0.1, -0.05) is 18.2 Å². The first kappa shape index (κ1) is 18.0. The first-order valence-corrected chi connectivity index (χ1v) is 8.56. The predicted molar refractivity (Wildman–Crippen MR) is 92.2 cm³/mol. The maximum Gasteiger partial charge on any atom is 0.248 e. The number of hydrogen-bond acceptors (Lipinski definition) is 6. The van der Waals surface area contributed by atoms with E-state index in [1.54, 1.807) is 9.58 Å². The Balaban J connectivity index is 1.58. The van der Waals surface area contributed by atoms with Gasteiger partial charge in [-0.3, -0.25) is 9.59 Å². The van der Waals surface area contributed by atoms with E-state index in [-0.39, 0.29) is 30.9 Å². The number of nitrogens with one attached hydrogen (secondary N) is 1. The van der Waals surface area contributed by atoms with Gasteiger partial charge in [0.2, 0.25) is 11.8 Å². The smallest absolute Gasteiger partial charge is 0.248 e. The second kappa shape index (κ2) is 8.52. The first-order valence-electron chi connectivity index (χ1n) is 8.56. The lowest BCUT2D eigenvalue weighted by Gasteiger charge is -2.31. The third kappa shape index (κ3) is 4.23. The number of ether oxygens (including phenoxy) is 1. The number of piperidine rings is 1. The van der Waals surface area contributed by atoms with Crippen LogP contribution < -0.4 is 5.32 Å². The number of aromatic nitrogens is 4. The fourth-order valence-electron chi connectivity index (χ4n) is 3.03. The van der Waals surface area contributed by atoms with Crippen molar-refractivity contribution in [2.24, 2.45) is 5.92 Å². The molecule has 26 heavy (non-hydrogen) atoms. The zero-order valence-electron chi connectivity index (χ0n) is 14.7. The van der Waals surface area contributed by atoms with Gasteiger partial charge >= 0.3 is 0 Å². The molecule has 2 amide bonds. The summed E-state index contributed by atoms with van der Waals surface area (Å²) in [5.41, 5.74) is 0.829. The third-order valence-electron chi connectivity index (χ3n) is 4.37. The number of carbonyl (C=O) groups excluding carboxylic acids is 2. The van der Waals surface area contributed by atoms with Gasteiger partial charge in [0.05, 0.1) is 18.2 Å². The van der Waals surface area contributed by atoms with Gasteiger partial charge in [0.15, 0.2) is 5.82 Å². The maximum absolute atomic E-state index is 12.5. The molecule has 1 saturated heterocycles.